The lowest BCUT2D eigenvalue weighted by Gasteiger charge is -2.24. The van der Waals surface area contributed by atoms with Gasteiger partial charge in [0.15, 0.2) is 0 Å². The fourth-order valence-electron chi connectivity index (χ4n) is 2.79. The van der Waals surface area contributed by atoms with E-state index in [-0.39, 0.29) is 18.1 Å². The summed E-state index contributed by atoms with van der Waals surface area (Å²) in [6.45, 7) is 9.32. The standard InChI is InChI=1S/C17H26N2O/c1-5-11-19-16(14-9-7-12(3)8-10-14)18-15(17(19)20)13(4)6-2/h7-10,13,15-16,18H,5-6,11H2,1-4H3. The Kier molecular flexibility index (Phi) is 4.81. The van der Waals surface area contributed by atoms with Gasteiger partial charge in [0.1, 0.15) is 6.17 Å². The quantitative estimate of drug-likeness (QED) is 0.894. The molecule has 3 unspecified atom stereocenters. The summed E-state index contributed by atoms with van der Waals surface area (Å²) < 4.78 is 0. The van der Waals surface area contributed by atoms with Crippen molar-refractivity contribution in [2.75, 3.05) is 6.54 Å². The van der Waals surface area contributed by atoms with E-state index in [1.807, 2.05) is 4.90 Å². The Bertz CT molecular complexity index is 455. The van der Waals surface area contributed by atoms with Crippen molar-refractivity contribution in [2.24, 2.45) is 5.92 Å². The number of benzene rings is 1. The topological polar surface area (TPSA) is 32.3 Å². The number of aryl methyl sites for hydroxylation is 1. The first-order valence-corrected chi connectivity index (χ1v) is 7.71. The lowest BCUT2D eigenvalue weighted by molar-refractivity contribution is -0.131. The fourth-order valence-corrected chi connectivity index (χ4v) is 2.79. The molecule has 1 saturated heterocycles. The first-order valence-electron chi connectivity index (χ1n) is 7.71. The smallest absolute Gasteiger partial charge is 0.241 e. The van der Waals surface area contributed by atoms with Crippen LogP contribution in [0.15, 0.2) is 24.3 Å². The van der Waals surface area contributed by atoms with Gasteiger partial charge < -0.3 is 4.90 Å². The molecule has 0 aromatic heterocycles. The van der Waals surface area contributed by atoms with E-state index in [0.29, 0.717) is 5.92 Å². The summed E-state index contributed by atoms with van der Waals surface area (Å²) in [5, 5.41) is 3.54. The third-order valence-electron chi connectivity index (χ3n) is 4.27. The van der Waals surface area contributed by atoms with Crippen LogP contribution in [-0.2, 0) is 4.79 Å². The Morgan fingerprint density at radius 3 is 2.45 bits per heavy atom. The minimum atomic E-state index is -0.0437. The van der Waals surface area contributed by atoms with Crippen molar-refractivity contribution in [3.05, 3.63) is 35.4 Å². The third-order valence-corrected chi connectivity index (χ3v) is 4.27. The zero-order chi connectivity index (χ0) is 14.7. The second-order valence-electron chi connectivity index (χ2n) is 5.87. The molecule has 1 aliphatic rings. The highest BCUT2D eigenvalue weighted by molar-refractivity contribution is 5.84. The average Bonchev–Trinajstić information content (AvgIpc) is 2.77. The second kappa shape index (κ2) is 6.40. The van der Waals surface area contributed by atoms with Crippen LogP contribution < -0.4 is 5.32 Å². The van der Waals surface area contributed by atoms with Crippen LogP contribution in [0.2, 0.25) is 0 Å². The van der Waals surface area contributed by atoms with Crippen molar-refractivity contribution in [3.8, 4) is 0 Å². The SMILES string of the molecule is CCCN1C(=O)C(C(C)CC)NC1c1ccc(C)cc1. The van der Waals surface area contributed by atoms with Crippen LogP contribution in [-0.4, -0.2) is 23.4 Å². The monoisotopic (exact) mass is 274 g/mol. The lowest BCUT2D eigenvalue weighted by Crippen LogP contribution is -2.35. The van der Waals surface area contributed by atoms with E-state index >= 15 is 0 Å². The van der Waals surface area contributed by atoms with Crippen LogP contribution >= 0.6 is 0 Å². The molecule has 1 fully saturated rings. The van der Waals surface area contributed by atoms with Gasteiger partial charge in [-0.15, -0.1) is 0 Å². The summed E-state index contributed by atoms with van der Waals surface area (Å²) in [6.07, 6.45) is 2.04. The second-order valence-corrected chi connectivity index (χ2v) is 5.87. The van der Waals surface area contributed by atoms with Gasteiger partial charge in [-0.1, -0.05) is 57.0 Å². The number of amides is 1. The number of rotatable bonds is 5. The minimum absolute atomic E-state index is 0.0297. The van der Waals surface area contributed by atoms with Gasteiger partial charge in [0.25, 0.3) is 0 Å². The molecule has 0 bridgehead atoms. The number of carbonyl (C=O) groups is 1. The number of carbonyl (C=O) groups excluding carboxylic acids is 1. The lowest BCUT2D eigenvalue weighted by atomic mass is 9.99. The van der Waals surface area contributed by atoms with E-state index in [2.05, 4.69) is 57.3 Å². The van der Waals surface area contributed by atoms with Crippen LogP contribution in [0.3, 0.4) is 0 Å². The molecule has 3 nitrogen and oxygen atoms in total. The molecule has 2 rings (SSSR count). The van der Waals surface area contributed by atoms with Crippen LogP contribution in [0.4, 0.5) is 0 Å². The van der Waals surface area contributed by atoms with Crippen LogP contribution in [0, 0.1) is 12.8 Å². The molecule has 3 heteroatoms. The highest BCUT2D eigenvalue weighted by Crippen LogP contribution is 2.29. The van der Waals surface area contributed by atoms with E-state index in [1.54, 1.807) is 0 Å². The molecule has 0 radical (unpaired) electrons. The van der Waals surface area contributed by atoms with Crippen molar-refractivity contribution in [3.63, 3.8) is 0 Å². The Morgan fingerprint density at radius 1 is 1.25 bits per heavy atom. The largest absolute Gasteiger partial charge is 0.322 e. The summed E-state index contributed by atoms with van der Waals surface area (Å²) in [5.41, 5.74) is 2.43. The molecule has 20 heavy (non-hydrogen) atoms. The van der Waals surface area contributed by atoms with E-state index in [4.69, 9.17) is 0 Å². The minimum Gasteiger partial charge on any atom is -0.322 e. The molecule has 1 N–H and O–H groups in total. The van der Waals surface area contributed by atoms with E-state index in [0.717, 1.165) is 19.4 Å². The molecule has 0 spiro atoms. The average molecular weight is 274 g/mol. The summed E-state index contributed by atoms with van der Waals surface area (Å²) in [7, 11) is 0. The maximum Gasteiger partial charge on any atom is 0.241 e. The maximum atomic E-state index is 12.6. The van der Waals surface area contributed by atoms with Crippen LogP contribution in [0.25, 0.3) is 0 Å². The van der Waals surface area contributed by atoms with Gasteiger partial charge in [-0.05, 0) is 24.8 Å². The predicted molar refractivity (Wildman–Crippen MR) is 82.3 cm³/mol. The molecule has 1 aromatic rings. The maximum absolute atomic E-state index is 12.6. The summed E-state index contributed by atoms with van der Waals surface area (Å²) in [6, 6.07) is 8.44. The zero-order valence-corrected chi connectivity index (χ0v) is 13.0. The van der Waals surface area contributed by atoms with E-state index in [9.17, 15) is 4.79 Å². The fraction of sp³-hybridized carbons (Fsp3) is 0.588. The molecule has 110 valence electrons. The van der Waals surface area contributed by atoms with Gasteiger partial charge in [0.05, 0.1) is 6.04 Å². The molecule has 3 atom stereocenters. The first kappa shape index (κ1) is 15.0. The molecule has 1 aliphatic heterocycles. The summed E-state index contributed by atoms with van der Waals surface area (Å²) in [4.78, 5) is 14.6. The van der Waals surface area contributed by atoms with Gasteiger partial charge in [-0.25, -0.2) is 0 Å². The van der Waals surface area contributed by atoms with Crippen molar-refractivity contribution in [1.29, 1.82) is 0 Å². The normalized spacial score (nSPS) is 24.2. The van der Waals surface area contributed by atoms with E-state index in [1.165, 1.54) is 11.1 Å². The van der Waals surface area contributed by atoms with Crippen LogP contribution in [0.1, 0.15) is 50.9 Å². The number of nitrogens with one attached hydrogen (secondary N) is 1. The van der Waals surface area contributed by atoms with Gasteiger partial charge in [-0.2, -0.15) is 0 Å². The van der Waals surface area contributed by atoms with Gasteiger partial charge in [-0.3, -0.25) is 10.1 Å². The predicted octanol–water partition coefficient (Wildman–Crippen LogP) is 3.25. The number of nitrogens with zero attached hydrogens (tertiary/aromatic N) is 1. The molecule has 1 amide bonds. The van der Waals surface area contributed by atoms with E-state index < -0.39 is 0 Å². The van der Waals surface area contributed by atoms with Crippen LogP contribution in [0.5, 0.6) is 0 Å². The first-order chi connectivity index (χ1) is 9.58. The van der Waals surface area contributed by atoms with Crippen molar-refractivity contribution in [1.82, 2.24) is 10.2 Å². The molecular weight excluding hydrogens is 248 g/mol. The highest BCUT2D eigenvalue weighted by atomic mass is 16.2. The van der Waals surface area contributed by atoms with Crippen molar-refractivity contribution < 1.29 is 4.79 Å². The van der Waals surface area contributed by atoms with Gasteiger partial charge in [0, 0.05) is 6.54 Å². The third kappa shape index (κ3) is 2.88. The Morgan fingerprint density at radius 2 is 1.90 bits per heavy atom. The summed E-state index contributed by atoms with van der Waals surface area (Å²) >= 11 is 0. The van der Waals surface area contributed by atoms with Crippen molar-refractivity contribution in [2.45, 2.75) is 52.7 Å². The zero-order valence-electron chi connectivity index (χ0n) is 13.0. The number of hydrogen-bond acceptors (Lipinski definition) is 2. The Labute approximate surface area is 122 Å². The highest BCUT2D eigenvalue weighted by Gasteiger charge is 2.40. The Balaban J connectivity index is 2.26. The van der Waals surface area contributed by atoms with Gasteiger partial charge >= 0.3 is 0 Å². The molecular formula is C17H26N2O. The summed E-state index contributed by atoms with van der Waals surface area (Å²) in [5.74, 6) is 0.629. The number of hydrogen-bond donors (Lipinski definition) is 1. The van der Waals surface area contributed by atoms with Gasteiger partial charge in [0.2, 0.25) is 5.91 Å². The van der Waals surface area contributed by atoms with Crippen molar-refractivity contribution >= 4 is 5.91 Å². The molecule has 0 aliphatic carbocycles. The molecule has 1 heterocycles. The Hall–Kier alpha value is -1.35. The molecule has 0 saturated carbocycles. The molecule has 1 aromatic carbocycles.